The molecule has 0 saturated carbocycles. The number of hydrogen-bond acceptors (Lipinski definition) is 3. The Morgan fingerprint density at radius 3 is 2.70 bits per heavy atom. The van der Waals surface area contributed by atoms with Gasteiger partial charge in [-0.1, -0.05) is 24.0 Å². The monoisotopic (exact) mass is 273 g/mol. The lowest BCUT2D eigenvalue weighted by Gasteiger charge is -2.17. The van der Waals surface area contributed by atoms with Crippen molar-refractivity contribution in [1.29, 1.82) is 0 Å². The summed E-state index contributed by atoms with van der Waals surface area (Å²) >= 11 is 0. The third kappa shape index (κ3) is 4.35. The molecule has 1 aliphatic heterocycles. The maximum Gasteiger partial charge on any atom is 0.0552 e. The predicted molar refractivity (Wildman–Crippen MR) is 80.1 cm³/mol. The summed E-state index contributed by atoms with van der Waals surface area (Å²) in [4.78, 5) is 2.39. The van der Waals surface area contributed by atoms with Crippen LogP contribution in [0, 0.1) is 17.8 Å². The largest absolute Gasteiger partial charge is 0.395 e. The maximum absolute atomic E-state index is 9.62. The molecule has 1 heterocycles. The van der Waals surface area contributed by atoms with Gasteiger partial charge in [0.2, 0.25) is 0 Å². The molecule has 2 rings (SSSR count). The average Bonchev–Trinajstić information content (AvgIpc) is 2.90. The molecule has 2 atom stereocenters. The molecular formula is C17H23NO2. The Labute approximate surface area is 121 Å². The van der Waals surface area contributed by atoms with Crippen molar-refractivity contribution in [3.8, 4) is 11.8 Å². The summed E-state index contributed by atoms with van der Waals surface area (Å²) in [6.07, 6.45) is 1.41. The second kappa shape index (κ2) is 7.44. The lowest BCUT2D eigenvalue weighted by molar-refractivity contribution is 0.127. The van der Waals surface area contributed by atoms with Gasteiger partial charge in [0, 0.05) is 25.1 Å². The fourth-order valence-corrected chi connectivity index (χ4v) is 2.57. The van der Waals surface area contributed by atoms with Gasteiger partial charge in [0.15, 0.2) is 0 Å². The van der Waals surface area contributed by atoms with Gasteiger partial charge >= 0.3 is 0 Å². The Morgan fingerprint density at radius 1 is 1.35 bits per heavy atom. The van der Waals surface area contributed by atoms with Crippen LogP contribution in [0.3, 0.4) is 0 Å². The van der Waals surface area contributed by atoms with Gasteiger partial charge in [0.1, 0.15) is 0 Å². The van der Waals surface area contributed by atoms with E-state index in [4.69, 9.17) is 5.11 Å². The smallest absolute Gasteiger partial charge is 0.0552 e. The van der Waals surface area contributed by atoms with E-state index in [0.29, 0.717) is 12.3 Å². The van der Waals surface area contributed by atoms with E-state index >= 15 is 0 Å². The number of nitrogens with zero attached hydrogens (tertiary/aromatic N) is 1. The predicted octanol–water partition coefficient (Wildman–Crippen LogP) is 1.62. The van der Waals surface area contributed by atoms with Gasteiger partial charge in [0.25, 0.3) is 0 Å². The molecule has 1 aromatic carbocycles. The van der Waals surface area contributed by atoms with Crippen LogP contribution in [0.25, 0.3) is 0 Å². The molecule has 108 valence electrons. The molecule has 2 unspecified atom stereocenters. The fraction of sp³-hybridized carbons (Fsp3) is 0.529. The highest BCUT2D eigenvalue weighted by atomic mass is 16.3. The molecular weight excluding hydrogens is 250 g/mol. The molecule has 1 aromatic rings. The third-order valence-corrected chi connectivity index (χ3v) is 3.82. The van der Waals surface area contributed by atoms with E-state index < -0.39 is 0 Å². The van der Waals surface area contributed by atoms with Gasteiger partial charge in [-0.25, -0.2) is 0 Å². The number of aliphatic hydroxyl groups is 2. The van der Waals surface area contributed by atoms with Crippen molar-refractivity contribution >= 4 is 0 Å². The Bertz CT molecular complexity index is 470. The Morgan fingerprint density at radius 2 is 2.10 bits per heavy atom. The second-order valence-corrected chi connectivity index (χ2v) is 5.50. The first kappa shape index (κ1) is 15.1. The summed E-state index contributed by atoms with van der Waals surface area (Å²) in [6, 6.07) is 8.28. The van der Waals surface area contributed by atoms with Crippen LogP contribution in [-0.2, 0) is 6.54 Å². The molecule has 3 nitrogen and oxygen atoms in total. The number of likely N-dealkylation sites (tertiary alicyclic amines) is 1. The molecule has 1 fully saturated rings. The van der Waals surface area contributed by atoms with Crippen LogP contribution in [0.4, 0.5) is 0 Å². The summed E-state index contributed by atoms with van der Waals surface area (Å²) in [5, 5.41) is 18.3. The molecule has 0 bridgehead atoms. The summed E-state index contributed by atoms with van der Waals surface area (Å²) in [5.41, 5.74) is 2.27. The second-order valence-electron chi connectivity index (χ2n) is 5.50. The molecule has 0 radical (unpaired) electrons. The molecule has 1 saturated heterocycles. The first-order valence-electron chi connectivity index (χ1n) is 7.28. The van der Waals surface area contributed by atoms with Crippen molar-refractivity contribution in [3.05, 3.63) is 35.4 Å². The van der Waals surface area contributed by atoms with Crippen LogP contribution in [0.15, 0.2) is 24.3 Å². The standard InChI is InChI=1S/C17H23NO2/c1-14(20)17-9-10-18(13-17)12-16-7-5-15(6-8-16)4-2-3-11-19/h5-8,14,17,19-20H,3,9-13H2,1H3. The van der Waals surface area contributed by atoms with Gasteiger partial charge in [-0.05, 0) is 43.5 Å². The van der Waals surface area contributed by atoms with E-state index in [1.165, 1.54) is 5.56 Å². The van der Waals surface area contributed by atoms with E-state index in [2.05, 4.69) is 28.9 Å². The van der Waals surface area contributed by atoms with Crippen LogP contribution in [-0.4, -0.2) is 40.9 Å². The van der Waals surface area contributed by atoms with Crippen LogP contribution < -0.4 is 0 Å². The van der Waals surface area contributed by atoms with E-state index in [1.807, 2.05) is 19.1 Å². The van der Waals surface area contributed by atoms with Crippen molar-refractivity contribution in [3.63, 3.8) is 0 Å². The van der Waals surface area contributed by atoms with Gasteiger partial charge < -0.3 is 10.2 Å². The first-order chi connectivity index (χ1) is 9.69. The number of aliphatic hydroxyl groups excluding tert-OH is 2. The first-order valence-corrected chi connectivity index (χ1v) is 7.28. The van der Waals surface area contributed by atoms with Crippen LogP contribution in [0.5, 0.6) is 0 Å². The minimum atomic E-state index is -0.204. The highest BCUT2D eigenvalue weighted by Gasteiger charge is 2.25. The Kier molecular flexibility index (Phi) is 5.60. The highest BCUT2D eigenvalue weighted by molar-refractivity contribution is 5.36. The molecule has 0 spiro atoms. The SMILES string of the molecule is CC(O)C1CCN(Cc2ccc(C#CCCO)cc2)C1. The van der Waals surface area contributed by atoms with Crippen molar-refractivity contribution in [1.82, 2.24) is 4.90 Å². The van der Waals surface area contributed by atoms with E-state index in [0.717, 1.165) is 31.6 Å². The minimum absolute atomic E-state index is 0.116. The topological polar surface area (TPSA) is 43.7 Å². The van der Waals surface area contributed by atoms with Gasteiger partial charge in [-0.3, -0.25) is 4.90 Å². The molecule has 2 N–H and O–H groups in total. The Balaban J connectivity index is 1.87. The lowest BCUT2D eigenvalue weighted by Crippen LogP contribution is -2.23. The highest BCUT2D eigenvalue weighted by Crippen LogP contribution is 2.21. The summed E-state index contributed by atoms with van der Waals surface area (Å²) in [5.74, 6) is 6.37. The zero-order chi connectivity index (χ0) is 14.4. The number of benzene rings is 1. The molecule has 20 heavy (non-hydrogen) atoms. The van der Waals surface area contributed by atoms with Crippen molar-refractivity contribution in [2.75, 3.05) is 19.7 Å². The summed E-state index contributed by atoms with van der Waals surface area (Å²) in [7, 11) is 0. The molecule has 0 aliphatic carbocycles. The van der Waals surface area contributed by atoms with Crippen LogP contribution in [0.2, 0.25) is 0 Å². The van der Waals surface area contributed by atoms with Gasteiger partial charge in [0.05, 0.1) is 12.7 Å². The molecule has 0 amide bonds. The quantitative estimate of drug-likeness (QED) is 0.819. The van der Waals surface area contributed by atoms with E-state index in [1.54, 1.807) is 0 Å². The van der Waals surface area contributed by atoms with E-state index in [-0.39, 0.29) is 12.7 Å². The lowest BCUT2D eigenvalue weighted by atomic mass is 10.0. The molecule has 3 heteroatoms. The summed E-state index contributed by atoms with van der Waals surface area (Å²) < 4.78 is 0. The van der Waals surface area contributed by atoms with Gasteiger partial charge in [-0.2, -0.15) is 0 Å². The third-order valence-electron chi connectivity index (χ3n) is 3.82. The fourth-order valence-electron chi connectivity index (χ4n) is 2.57. The normalized spacial score (nSPS) is 20.4. The van der Waals surface area contributed by atoms with Crippen LogP contribution in [0.1, 0.15) is 30.9 Å². The zero-order valence-corrected chi connectivity index (χ0v) is 12.0. The van der Waals surface area contributed by atoms with Crippen molar-refractivity contribution in [2.45, 2.75) is 32.4 Å². The van der Waals surface area contributed by atoms with E-state index in [9.17, 15) is 5.11 Å². The molecule has 1 aliphatic rings. The Hall–Kier alpha value is -1.34. The summed E-state index contributed by atoms with van der Waals surface area (Å²) in [6.45, 7) is 4.98. The minimum Gasteiger partial charge on any atom is -0.395 e. The zero-order valence-electron chi connectivity index (χ0n) is 12.0. The van der Waals surface area contributed by atoms with Crippen LogP contribution >= 0.6 is 0 Å². The van der Waals surface area contributed by atoms with Gasteiger partial charge in [-0.15, -0.1) is 0 Å². The number of hydrogen-bond donors (Lipinski definition) is 2. The van der Waals surface area contributed by atoms with Crippen molar-refractivity contribution < 1.29 is 10.2 Å². The molecule has 0 aromatic heterocycles. The van der Waals surface area contributed by atoms with Crippen molar-refractivity contribution in [2.24, 2.45) is 5.92 Å². The number of rotatable bonds is 4. The maximum atomic E-state index is 9.62. The average molecular weight is 273 g/mol.